The fourth-order valence-corrected chi connectivity index (χ4v) is 3.07. The summed E-state index contributed by atoms with van der Waals surface area (Å²) >= 11 is 0. The van der Waals surface area contributed by atoms with E-state index in [0.717, 1.165) is 6.42 Å². The maximum absolute atomic E-state index is 9.64. The predicted octanol–water partition coefficient (Wildman–Crippen LogP) is 3.14. The van der Waals surface area contributed by atoms with Gasteiger partial charge in [0.25, 0.3) is 0 Å². The third kappa shape index (κ3) is 1.33. The number of allylic oxidation sites excluding steroid dienone is 1. The van der Waals surface area contributed by atoms with Crippen LogP contribution in [0.15, 0.2) is 12.2 Å². The third-order valence-corrected chi connectivity index (χ3v) is 4.83. The Kier molecular flexibility index (Phi) is 2.26. The highest BCUT2D eigenvalue weighted by Gasteiger charge is 2.55. The van der Waals surface area contributed by atoms with Crippen LogP contribution in [0.1, 0.15) is 46.5 Å². The molecule has 0 aromatic rings. The van der Waals surface area contributed by atoms with E-state index in [0.29, 0.717) is 16.7 Å². The van der Waals surface area contributed by atoms with Crippen LogP contribution in [0.2, 0.25) is 0 Å². The SMILES string of the molecule is CCC1CC(O)C=CC1(C)C1(C)CC1. The van der Waals surface area contributed by atoms with Crippen molar-refractivity contribution in [2.75, 3.05) is 0 Å². The Morgan fingerprint density at radius 1 is 1.36 bits per heavy atom. The van der Waals surface area contributed by atoms with Crippen molar-refractivity contribution in [1.82, 2.24) is 0 Å². The van der Waals surface area contributed by atoms with E-state index in [4.69, 9.17) is 0 Å². The van der Waals surface area contributed by atoms with E-state index in [1.165, 1.54) is 19.3 Å². The van der Waals surface area contributed by atoms with E-state index in [-0.39, 0.29) is 6.10 Å². The van der Waals surface area contributed by atoms with Crippen LogP contribution in [-0.2, 0) is 0 Å². The van der Waals surface area contributed by atoms with Crippen molar-refractivity contribution < 1.29 is 5.11 Å². The quantitative estimate of drug-likeness (QED) is 0.670. The molecule has 1 fully saturated rings. The molecular formula is C13H22O. The first kappa shape index (κ1) is 10.2. The van der Waals surface area contributed by atoms with Gasteiger partial charge < -0.3 is 5.11 Å². The molecule has 14 heavy (non-hydrogen) atoms. The molecule has 3 unspecified atom stereocenters. The Labute approximate surface area is 87.2 Å². The minimum Gasteiger partial charge on any atom is -0.389 e. The average Bonchev–Trinajstić information content (AvgIpc) is 2.90. The molecule has 2 rings (SSSR count). The third-order valence-electron chi connectivity index (χ3n) is 4.83. The lowest BCUT2D eigenvalue weighted by Gasteiger charge is -2.44. The van der Waals surface area contributed by atoms with E-state index >= 15 is 0 Å². The molecule has 1 N–H and O–H groups in total. The molecule has 0 heterocycles. The lowest BCUT2D eigenvalue weighted by Crippen LogP contribution is -2.38. The van der Waals surface area contributed by atoms with Gasteiger partial charge in [0.15, 0.2) is 0 Å². The molecule has 2 aliphatic carbocycles. The van der Waals surface area contributed by atoms with Crippen LogP contribution in [0.3, 0.4) is 0 Å². The molecule has 0 bridgehead atoms. The van der Waals surface area contributed by atoms with E-state index < -0.39 is 0 Å². The molecule has 0 radical (unpaired) electrons. The smallest absolute Gasteiger partial charge is 0.0724 e. The zero-order valence-corrected chi connectivity index (χ0v) is 9.59. The molecule has 0 aromatic heterocycles. The lowest BCUT2D eigenvalue weighted by molar-refractivity contribution is 0.0707. The zero-order valence-electron chi connectivity index (χ0n) is 9.59. The highest BCUT2D eigenvalue weighted by molar-refractivity contribution is 5.18. The first-order valence-corrected chi connectivity index (χ1v) is 5.89. The van der Waals surface area contributed by atoms with Gasteiger partial charge in [-0.05, 0) is 36.0 Å². The zero-order chi connectivity index (χ0) is 10.4. The molecule has 0 aliphatic heterocycles. The van der Waals surface area contributed by atoms with Gasteiger partial charge in [0.2, 0.25) is 0 Å². The van der Waals surface area contributed by atoms with Crippen molar-refractivity contribution in [1.29, 1.82) is 0 Å². The van der Waals surface area contributed by atoms with Gasteiger partial charge in [0, 0.05) is 0 Å². The van der Waals surface area contributed by atoms with Crippen LogP contribution in [0, 0.1) is 16.7 Å². The summed E-state index contributed by atoms with van der Waals surface area (Å²) in [4.78, 5) is 0. The molecule has 1 heteroatoms. The van der Waals surface area contributed by atoms with Gasteiger partial charge >= 0.3 is 0 Å². The Hall–Kier alpha value is -0.300. The van der Waals surface area contributed by atoms with Crippen LogP contribution < -0.4 is 0 Å². The second-order valence-electron chi connectivity index (χ2n) is 5.61. The molecule has 0 amide bonds. The molecule has 80 valence electrons. The fraction of sp³-hybridized carbons (Fsp3) is 0.846. The highest BCUT2D eigenvalue weighted by Crippen LogP contribution is 2.64. The van der Waals surface area contributed by atoms with E-state index in [1.54, 1.807) is 0 Å². The van der Waals surface area contributed by atoms with Gasteiger partial charge in [-0.25, -0.2) is 0 Å². The summed E-state index contributed by atoms with van der Waals surface area (Å²) in [6, 6.07) is 0. The van der Waals surface area contributed by atoms with Gasteiger partial charge in [0.1, 0.15) is 0 Å². The monoisotopic (exact) mass is 194 g/mol. The minimum absolute atomic E-state index is 0.199. The number of hydrogen-bond donors (Lipinski definition) is 1. The van der Waals surface area contributed by atoms with Gasteiger partial charge in [0.05, 0.1) is 6.10 Å². The van der Waals surface area contributed by atoms with E-state index in [2.05, 4.69) is 26.8 Å². The second-order valence-corrected chi connectivity index (χ2v) is 5.61. The summed E-state index contributed by atoms with van der Waals surface area (Å²) in [5.41, 5.74) is 0.852. The fourth-order valence-electron chi connectivity index (χ4n) is 3.07. The summed E-state index contributed by atoms with van der Waals surface area (Å²) in [6.45, 7) is 7.04. The van der Waals surface area contributed by atoms with Crippen molar-refractivity contribution >= 4 is 0 Å². The van der Waals surface area contributed by atoms with Gasteiger partial charge in [-0.3, -0.25) is 0 Å². The summed E-state index contributed by atoms with van der Waals surface area (Å²) in [6.07, 6.45) is 8.97. The molecule has 0 aromatic carbocycles. The Morgan fingerprint density at radius 2 is 2.00 bits per heavy atom. The van der Waals surface area contributed by atoms with E-state index in [9.17, 15) is 5.11 Å². The van der Waals surface area contributed by atoms with Crippen LogP contribution in [-0.4, -0.2) is 11.2 Å². The first-order chi connectivity index (χ1) is 6.52. The van der Waals surface area contributed by atoms with Crippen molar-refractivity contribution in [3.8, 4) is 0 Å². The Balaban J connectivity index is 2.27. The standard InChI is InChI=1S/C13H22O/c1-4-10-9-11(14)5-6-13(10,3)12(2)7-8-12/h5-6,10-11,14H,4,7-9H2,1-3H3. The summed E-state index contributed by atoms with van der Waals surface area (Å²) in [5, 5.41) is 9.64. The van der Waals surface area contributed by atoms with Gasteiger partial charge in [-0.15, -0.1) is 0 Å². The van der Waals surface area contributed by atoms with Crippen molar-refractivity contribution in [3.63, 3.8) is 0 Å². The number of hydrogen-bond acceptors (Lipinski definition) is 1. The molecule has 1 saturated carbocycles. The maximum Gasteiger partial charge on any atom is 0.0724 e. The largest absolute Gasteiger partial charge is 0.389 e. The van der Waals surface area contributed by atoms with Crippen LogP contribution in [0.25, 0.3) is 0 Å². The van der Waals surface area contributed by atoms with Gasteiger partial charge in [-0.1, -0.05) is 39.3 Å². The van der Waals surface area contributed by atoms with E-state index in [1.807, 2.05) is 6.08 Å². The molecule has 0 spiro atoms. The lowest BCUT2D eigenvalue weighted by atomic mass is 9.61. The van der Waals surface area contributed by atoms with Crippen LogP contribution in [0.5, 0.6) is 0 Å². The molecule has 2 aliphatic rings. The van der Waals surface area contributed by atoms with Crippen molar-refractivity contribution in [2.45, 2.75) is 52.6 Å². The maximum atomic E-state index is 9.64. The number of aliphatic hydroxyl groups is 1. The van der Waals surface area contributed by atoms with Crippen molar-refractivity contribution in [2.24, 2.45) is 16.7 Å². The predicted molar refractivity (Wildman–Crippen MR) is 59.0 cm³/mol. The number of rotatable bonds is 2. The normalized spacial score (nSPS) is 45.1. The summed E-state index contributed by atoms with van der Waals surface area (Å²) in [5.74, 6) is 0.662. The molecule has 0 saturated heterocycles. The van der Waals surface area contributed by atoms with Gasteiger partial charge in [-0.2, -0.15) is 0 Å². The first-order valence-electron chi connectivity index (χ1n) is 5.89. The molecule has 3 atom stereocenters. The Morgan fingerprint density at radius 3 is 2.50 bits per heavy atom. The van der Waals surface area contributed by atoms with Crippen molar-refractivity contribution in [3.05, 3.63) is 12.2 Å². The summed E-state index contributed by atoms with van der Waals surface area (Å²) < 4.78 is 0. The number of aliphatic hydroxyl groups excluding tert-OH is 1. The Bertz CT molecular complexity index is 252. The van der Waals surface area contributed by atoms with Crippen LogP contribution in [0.4, 0.5) is 0 Å². The molecular weight excluding hydrogens is 172 g/mol. The topological polar surface area (TPSA) is 20.2 Å². The molecule has 1 nitrogen and oxygen atoms in total. The summed E-state index contributed by atoms with van der Waals surface area (Å²) in [7, 11) is 0. The minimum atomic E-state index is -0.199. The highest BCUT2D eigenvalue weighted by atomic mass is 16.3. The average molecular weight is 194 g/mol. The van der Waals surface area contributed by atoms with Crippen LogP contribution >= 0.6 is 0 Å². The second kappa shape index (κ2) is 3.10.